The van der Waals surface area contributed by atoms with Crippen LogP contribution in [0.4, 0.5) is 5.69 Å². The Morgan fingerprint density at radius 3 is 2.53 bits per heavy atom. The molecule has 0 aliphatic rings. The van der Waals surface area contributed by atoms with Crippen LogP contribution in [-0.4, -0.2) is 31.8 Å². The largest absolute Gasteiger partial charge is 0.496 e. The van der Waals surface area contributed by atoms with E-state index in [1.165, 1.54) is 0 Å². The second kappa shape index (κ2) is 6.80. The first-order valence-electron chi connectivity index (χ1n) is 6.14. The van der Waals surface area contributed by atoms with Gasteiger partial charge in [-0.1, -0.05) is 13.8 Å². The van der Waals surface area contributed by atoms with Gasteiger partial charge in [0.2, 0.25) is 0 Å². The predicted molar refractivity (Wildman–Crippen MR) is 79.9 cm³/mol. The Bertz CT molecular complexity index is 448. The monoisotopic (exact) mass is 329 g/mol. The molecular weight excluding hydrogens is 310 g/mol. The van der Waals surface area contributed by atoms with E-state index in [4.69, 9.17) is 4.74 Å². The van der Waals surface area contributed by atoms with Crippen molar-refractivity contribution >= 4 is 27.6 Å². The zero-order valence-electron chi connectivity index (χ0n) is 11.7. The summed E-state index contributed by atoms with van der Waals surface area (Å²) in [6, 6.07) is 5.71. The van der Waals surface area contributed by atoms with Crippen molar-refractivity contribution in [3.8, 4) is 5.75 Å². The molecule has 5 heteroatoms. The Balaban J connectivity index is 2.85. The van der Waals surface area contributed by atoms with E-state index in [9.17, 15) is 9.90 Å². The van der Waals surface area contributed by atoms with Gasteiger partial charge in [0.05, 0.1) is 17.5 Å². The van der Waals surface area contributed by atoms with Gasteiger partial charge in [0.25, 0.3) is 0 Å². The van der Waals surface area contributed by atoms with E-state index in [-0.39, 0.29) is 11.8 Å². The van der Waals surface area contributed by atoms with Crippen LogP contribution in [0.15, 0.2) is 22.7 Å². The normalized spacial score (nSPS) is 12.3. The predicted octanol–water partition coefficient (Wildman–Crippen LogP) is 3.25. The SMILES string of the molecule is COc1ccc(N(C)CC(C(=O)O)C(C)C)cc1Br. The Morgan fingerprint density at radius 2 is 2.11 bits per heavy atom. The minimum absolute atomic E-state index is 0.0987. The molecule has 1 unspecified atom stereocenters. The molecule has 1 atom stereocenters. The van der Waals surface area contributed by atoms with E-state index in [2.05, 4.69) is 15.9 Å². The number of rotatable bonds is 6. The van der Waals surface area contributed by atoms with Crippen LogP contribution in [0.3, 0.4) is 0 Å². The summed E-state index contributed by atoms with van der Waals surface area (Å²) in [5.41, 5.74) is 0.958. The van der Waals surface area contributed by atoms with Crippen LogP contribution in [0.1, 0.15) is 13.8 Å². The van der Waals surface area contributed by atoms with Crippen molar-refractivity contribution < 1.29 is 14.6 Å². The third kappa shape index (κ3) is 4.13. The number of anilines is 1. The maximum atomic E-state index is 11.2. The molecule has 4 nitrogen and oxygen atoms in total. The second-order valence-electron chi connectivity index (χ2n) is 4.89. The van der Waals surface area contributed by atoms with Gasteiger partial charge in [-0.3, -0.25) is 4.79 Å². The van der Waals surface area contributed by atoms with Crippen molar-refractivity contribution in [1.82, 2.24) is 0 Å². The van der Waals surface area contributed by atoms with Crippen LogP contribution in [0.2, 0.25) is 0 Å². The lowest BCUT2D eigenvalue weighted by Crippen LogP contribution is -2.33. The number of hydrogen-bond donors (Lipinski definition) is 1. The van der Waals surface area contributed by atoms with E-state index < -0.39 is 5.97 Å². The summed E-state index contributed by atoms with van der Waals surface area (Å²) in [6.45, 7) is 4.33. The first kappa shape index (κ1) is 15.8. The number of carboxylic acid groups (broad SMARTS) is 1. The Hall–Kier alpha value is -1.23. The van der Waals surface area contributed by atoms with Gasteiger partial charge in [-0.25, -0.2) is 0 Å². The highest BCUT2D eigenvalue weighted by Gasteiger charge is 2.23. The van der Waals surface area contributed by atoms with Crippen molar-refractivity contribution in [2.24, 2.45) is 11.8 Å². The lowest BCUT2D eigenvalue weighted by atomic mass is 9.95. The highest BCUT2D eigenvalue weighted by molar-refractivity contribution is 9.10. The molecule has 0 amide bonds. The molecule has 0 saturated heterocycles. The summed E-state index contributed by atoms with van der Waals surface area (Å²) >= 11 is 3.43. The lowest BCUT2D eigenvalue weighted by molar-refractivity contribution is -0.142. The third-order valence-electron chi connectivity index (χ3n) is 3.17. The molecule has 0 radical (unpaired) electrons. The van der Waals surface area contributed by atoms with E-state index in [0.29, 0.717) is 6.54 Å². The average molecular weight is 330 g/mol. The molecule has 1 rings (SSSR count). The maximum Gasteiger partial charge on any atom is 0.308 e. The molecule has 106 valence electrons. The van der Waals surface area contributed by atoms with E-state index >= 15 is 0 Å². The molecular formula is C14H20BrNO3. The number of halogens is 1. The van der Waals surface area contributed by atoms with Gasteiger partial charge in [0, 0.05) is 19.3 Å². The summed E-state index contributed by atoms with van der Waals surface area (Å²) in [5.74, 6) is -0.280. The number of methoxy groups -OCH3 is 1. The van der Waals surface area contributed by atoms with Gasteiger partial charge in [-0.2, -0.15) is 0 Å². The van der Waals surface area contributed by atoms with E-state index in [0.717, 1.165) is 15.9 Å². The summed E-state index contributed by atoms with van der Waals surface area (Å²) < 4.78 is 6.03. The summed E-state index contributed by atoms with van der Waals surface area (Å²) in [7, 11) is 3.51. The summed E-state index contributed by atoms with van der Waals surface area (Å²) in [4.78, 5) is 13.2. The molecule has 0 saturated carbocycles. The van der Waals surface area contributed by atoms with E-state index in [1.807, 2.05) is 44.0 Å². The highest BCUT2D eigenvalue weighted by Crippen LogP contribution is 2.29. The third-order valence-corrected chi connectivity index (χ3v) is 3.79. The van der Waals surface area contributed by atoms with Crippen molar-refractivity contribution in [2.45, 2.75) is 13.8 Å². The Morgan fingerprint density at radius 1 is 1.47 bits per heavy atom. The van der Waals surface area contributed by atoms with Gasteiger partial charge in [0.1, 0.15) is 5.75 Å². The number of ether oxygens (including phenoxy) is 1. The average Bonchev–Trinajstić information content (AvgIpc) is 2.34. The molecule has 0 heterocycles. The van der Waals surface area contributed by atoms with Gasteiger partial charge in [0.15, 0.2) is 0 Å². The van der Waals surface area contributed by atoms with Crippen LogP contribution in [0.25, 0.3) is 0 Å². The zero-order chi connectivity index (χ0) is 14.6. The lowest BCUT2D eigenvalue weighted by Gasteiger charge is -2.26. The summed E-state index contributed by atoms with van der Waals surface area (Å²) in [6.07, 6.45) is 0. The van der Waals surface area contributed by atoms with Gasteiger partial charge in [-0.05, 0) is 40.0 Å². The minimum Gasteiger partial charge on any atom is -0.496 e. The molecule has 0 spiro atoms. The van der Waals surface area contributed by atoms with Crippen molar-refractivity contribution in [3.05, 3.63) is 22.7 Å². The second-order valence-corrected chi connectivity index (χ2v) is 5.74. The molecule has 0 bridgehead atoms. The molecule has 1 aromatic rings. The Labute approximate surface area is 122 Å². The number of benzene rings is 1. The topological polar surface area (TPSA) is 49.8 Å². The fourth-order valence-electron chi connectivity index (χ4n) is 1.87. The number of aliphatic carboxylic acids is 1. The fraction of sp³-hybridized carbons (Fsp3) is 0.500. The first-order valence-corrected chi connectivity index (χ1v) is 6.93. The molecule has 0 aliphatic carbocycles. The van der Waals surface area contributed by atoms with Crippen molar-refractivity contribution in [1.29, 1.82) is 0 Å². The molecule has 0 aromatic heterocycles. The molecule has 0 fully saturated rings. The number of nitrogens with zero attached hydrogens (tertiary/aromatic N) is 1. The maximum absolute atomic E-state index is 11.2. The zero-order valence-corrected chi connectivity index (χ0v) is 13.3. The van der Waals surface area contributed by atoms with Gasteiger partial charge >= 0.3 is 5.97 Å². The smallest absolute Gasteiger partial charge is 0.308 e. The molecule has 0 aliphatic heterocycles. The van der Waals surface area contributed by atoms with Gasteiger partial charge in [-0.15, -0.1) is 0 Å². The van der Waals surface area contributed by atoms with Crippen molar-refractivity contribution in [2.75, 3.05) is 25.6 Å². The number of hydrogen-bond acceptors (Lipinski definition) is 3. The van der Waals surface area contributed by atoms with Crippen LogP contribution in [0, 0.1) is 11.8 Å². The molecule has 1 N–H and O–H groups in total. The molecule has 19 heavy (non-hydrogen) atoms. The Kier molecular flexibility index (Phi) is 5.66. The quantitative estimate of drug-likeness (QED) is 0.870. The first-order chi connectivity index (χ1) is 8.86. The fourth-order valence-corrected chi connectivity index (χ4v) is 2.40. The van der Waals surface area contributed by atoms with Crippen LogP contribution in [0.5, 0.6) is 5.75 Å². The minimum atomic E-state index is -0.755. The number of carboxylic acids is 1. The number of carbonyl (C=O) groups is 1. The van der Waals surface area contributed by atoms with Crippen LogP contribution >= 0.6 is 15.9 Å². The van der Waals surface area contributed by atoms with Crippen LogP contribution in [-0.2, 0) is 4.79 Å². The van der Waals surface area contributed by atoms with Crippen LogP contribution < -0.4 is 9.64 Å². The standard InChI is InChI=1S/C14H20BrNO3/c1-9(2)11(14(17)18)8-16(3)10-5-6-13(19-4)12(15)7-10/h5-7,9,11H,8H2,1-4H3,(H,17,18). The van der Waals surface area contributed by atoms with Gasteiger partial charge < -0.3 is 14.7 Å². The summed E-state index contributed by atoms with van der Waals surface area (Å²) in [5, 5.41) is 9.22. The molecule has 1 aromatic carbocycles. The highest BCUT2D eigenvalue weighted by atomic mass is 79.9. The van der Waals surface area contributed by atoms with Crippen molar-refractivity contribution in [3.63, 3.8) is 0 Å². The van der Waals surface area contributed by atoms with E-state index in [1.54, 1.807) is 7.11 Å².